The highest BCUT2D eigenvalue weighted by atomic mass is 32.1. The number of amides is 1. The van der Waals surface area contributed by atoms with E-state index in [4.69, 9.17) is 0 Å². The number of hydrogen-bond acceptors (Lipinski definition) is 6. The van der Waals surface area contributed by atoms with Crippen LogP contribution in [0.5, 0.6) is 0 Å². The van der Waals surface area contributed by atoms with Crippen LogP contribution in [0.15, 0.2) is 37.1 Å². The molecule has 0 saturated heterocycles. The summed E-state index contributed by atoms with van der Waals surface area (Å²) in [6, 6.07) is 3.72. The van der Waals surface area contributed by atoms with Gasteiger partial charge >= 0.3 is 0 Å². The van der Waals surface area contributed by atoms with Crippen molar-refractivity contribution < 1.29 is 4.79 Å². The summed E-state index contributed by atoms with van der Waals surface area (Å²) in [4.78, 5) is 24.8. The first-order valence-electron chi connectivity index (χ1n) is 7.23. The molecule has 0 aliphatic heterocycles. The second-order valence-electron chi connectivity index (χ2n) is 5.53. The summed E-state index contributed by atoms with van der Waals surface area (Å²) in [6.45, 7) is 0. The summed E-state index contributed by atoms with van der Waals surface area (Å²) >= 11 is 1.18. The van der Waals surface area contributed by atoms with Crippen molar-refractivity contribution in [1.29, 1.82) is 0 Å². The van der Waals surface area contributed by atoms with Crippen molar-refractivity contribution >= 4 is 22.6 Å². The minimum atomic E-state index is -0.0175. The molecular weight excluding hydrogens is 312 g/mol. The van der Waals surface area contributed by atoms with E-state index in [0.29, 0.717) is 11.0 Å². The summed E-state index contributed by atoms with van der Waals surface area (Å²) in [5.74, 6) is 0.798. The largest absolute Gasteiger partial charge is 0.337 e. The molecule has 1 N–H and O–H groups in total. The Morgan fingerprint density at radius 3 is 3.04 bits per heavy atom. The summed E-state index contributed by atoms with van der Waals surface area (Å²) in [7, 11) is 1.94. The van der Waals surface area contributed by atoms with E-state index in [2.05, 4.69) is 24.6 Å². The predicted octanol–water partition coefficient (Wildman–Crippen LogP) is 2.08. The lowest BCUT2D eigenvalue weighted by Crippen LogP contribution is -2.14. The van der Waals surface area contributed by atoms with Crippen LogP contribution in [-0.2, 0) is 11.8 Å². The van der Waals surface area contributed by atoms with Gasteiger partial charge in [-0.3, -0.25) is 9.78 Å². The first-order valence-corrected chi connectivity index (χ1v) is 8.01. The fourth-order valence-corrected chi connectivity index (χ4v) is 3.21. The predicted molar refractivity (Wildman–Crippen MR) is 85.8 cm³/mol. The third-order valence-electron chi connectivity index (χ3n) is 3.94. The third-order valence-corrected chi connectivity index (χ3v) is 4.57. The number of nitrogens with one attached hydrogen (secondary N) is 1. The zero-order valence-corrected chi connectivity index (χ0v) is 13.2. The number of nitrogens with zero attached hydrogens (tertiary/aromatic N) is 5. The number of anilines is 1. The lowest BCUT2D eigenvalue weighted by atomic mass is 10.2. The van der Waals surface area contributed by atoms with Crippen LogP contribution in [0, 0.1) is 5.92 Å². The summed E-state index contributed by atoms with van der Waals surface area (Å²) in [6.07, 6.45) is 7.83. The fraction of sp³-hybridized carbons (Fsp3) is 0.267. The average molecular weight is 326 g/mol. The quantitative estimate of drug-likeness (QED) is 0.793. The molecule has 1 aliphatic rings. The van der Waals surface area contributed by atoms with Crippen molar-refractivity contribution in [2.24, 2.45) is 13.0 Å². The van der Waals surface area contributed by atoms with E-state index in [1.54, 1.807) is 18.7 Å². The highest BCUT2D eigenvalue weighted by Crippen LogP contribution is 2.47. The van der Waals surface area contributed by atoms with Gasteiger partial charge in [0.2, 0.25) is 11.0 Å². The van der Waals surface area contributed by atoms with E-state index >= 15 is 0 Å². The molecule has 4 rings (SSSR count). The van der Waals surface area contributed by atoms with Gasteiger partial charge in [0, 0.05) is 60.3 Å². The Morgan fingerprint density at radius 2 is 2.30 bits per heavy atom. The Labute approximate surface area is 136 Å². The molecule has 3 aromatic rings. The molecule has 0 bridgehead atoms. The van der Waals surface area contributed by atoms with Crippen molar-refractivity contribution in [2.45, 2.75) is 12.3 Å². The number of aromatic nitrogens is 5. The topological polar surface area (TPSA) is 85.6 Å². The van der Waals surface area contributed by atoms with Crippen LogP contribution in [0.2, 0.25) is 0 Å². The van der Waals surface area contributed by atoms with Gasteiger partial charge in [-0.1, -0.05) is 0 Å². The van der Waals surface area contributed by atoms with Crippen molar-refractivity contribution in [3.63, 3.8) is 0 Å². The van der Waals surface area contributed by atoms with Crippen LogP contribution in [-0.4, -0.2) is 29.8 Å². The van der Waals surface area contributed by atoms with E-state index in [1.807, 2.05) is 29.9 Å². The summed E-state index contributed by atoms with van der Waals surface area (Å²) in [5, 5.41) is 3.38. The normalized spacial score (nSPS) is 19.5. The van der Waals surface area contributed by atoms with Gasteiger partial charge in [0.05, 0.1) is 6.33 Å². The second kappa shape index (κ2) is 5.54. The zero-order valence-electron chi connectivity index (χ0n) is 12.4. The van der Waals surface area contributed by atoms with E-state index in [0.717, 1.165) is 17.7 Å². The number of pyridine rings is 1. The highest BCUT2D eigenvalue weighted by molar-refractivity contribution is 7.10. The van der Waals surface area contributed by atoms with Crippen LogP contribution >= 0.6 is 11.5 Å². The Morgan fingerprint density at radius 1 is 1.39 bits per heavy atom. The van der Waals surface area contributed by atoms with Gasteiger partial charge in [-0.25, -0.2) is 4.98 Å². The molecule has 1 aliphatic carbocycles. The molecule has 1 amide bonds. The third kappa shape index (κ3) is 2.72. The second-order valence-corrected chi connectivity index (χ2v) is 6.28. The lowest BCUT2D eigenvalue weighted by Gasteiger charge is -2.01. The van der Waals surface area contributed by atoms with E-state index in [9.17, 15) is 4.79 Å². The highest BCUT2D eigenvalue weighted by Gasteiger charge is 2.45. The van der Waals surface area contributed by atoms with Gasteiger partial charge in [-0.05, 0) is 18.6 Å². The molecule has 116 valence electrons. The van der Waals surface area contributed by atoms with Crippen LogP contribution < -0.4 is 5.32 Å². The first-order chi connectivity index (χ1) is 11.2. The van der Waals surface area contributed by atoms with E-state index < -0.39 is 0 Å². The van der Waals surface area contributed by atoms with Crippen molar-refractivity contribution in [3.05, 3.63) is 42.7 Å². The molecule has 7 nitrogen and oxygen atoms in total. The number of aryl methyl sites for hydroxylation is 1. The maximum atomic E-state index is 12.3. The SMILES string of the molecule is Cn1cncc1[C@@H]1C[C@H]1C(=O)Nc1nc(-c2cccnc2)ns1. The number of carbonyl (C=O) groups excluding carboxylic acids is 1. The van der Waals surface area contributed by atoms with Gasteiger partial charge in [-0.15, -0.1) is 0 Å². The number of hydrogen-bond donors (Lipinski definition) is 1. The van der Waals surface area contributed by atoms with Crippen LogP contribution in [0.25, 0.3) is 11.4 Å². The number of rotatable bonds is 4. The number of imidazole rings is 1. The lowest BCUT2D eigenvalue weighted by molar-refractivity contribution is -0.117. The minimum Gasteiger partial charge on any atom is -0.337 e. The summed E-state index contributed by atoms with van der Waals surface area (Å²) in [5.41, 5.74) is 1.93. The Balaban J connectivity index is 1.43. The minimum absolute atomic E-state index is 0.00918. The molecule has 23 heavy (non-hydrogen) atoms. The van der Waals surface area contributed by atoms with E-state index in [-0.39, 0.29) is 17.7 Å². The molecule has 3 aromatic heterocycles. The van der Waals surface area contributed by atoms with Crippen LogP contribution in [0.4, 0.5) is 5.13 Å². The van der Waals surface area contributed by atoms with Crippen molar-refractivity contribution in [2.75, 3.05) is 5.32 Å². The molecule has 2 atom stereocenters. The zero-order chi connectivity index (χ0) is 15.8. The van der Waals surface area contributed by atoms with Gasteiger partial charge in [-0.2, -0.15) is 9.36 Å². The molecular formula is C15H14N6OS. The Kier molecular flexibility index (Phi) is 3.38. The number of carbonyl (C=O) groups is 1. The van der Waals surface area contributed by atoms with Crippen LogP contribution in [0.1, 0.15) is 18.0 Å². The maximum Gasteiger partial charge on any atom is 0.230 e. The average Bonchev–Trinajstić information content (AvgIpc) is 3.02. The van der Waals surface area contributed by atoms with Crippen molar-refractivity contribution in [3.8, 4) is 11.4 Å². The summed E-state index contributed by atoms with van der Waals surface area (Å²) < 4.78 is 6.23. The molecule has 0 spiro atoms. The van der Waals surface area contributed by atoms with Gasteiger partial charge < -0.3 is 9.88 Å². The molecule has 3 heterocycles. The van der Waals surface area contributed by atoms with Crippen molar-refractivity contribution in [1.82, 2.24) is 23.9 Å². The smallest absolute Gasteiger partial charge is 0.230 e. The van der Waals surface area contributed by atoms with E-state index in [1.165, 1.54) is 11.5 Å². The van der Waals surface area contributed by atoms with Gasteiger partial charge in [0.25, 0.3) is 0 Å². The Bertz CT molecular complexity index is 843. The van der Waals surface area contributed by atoms with Gasteiger partial charge in [0.1, 0.15) is 0 Å². The molecule has 1 saturated carbocycles. The molecule has 0 aromatic carbocycles. The maximum absolute atomic E-state index is 12.3. The Hall–Kier alpha value is -2.61. The standard InChI is InChI=1S/C15H14N6OS/c1-21-8-17-7-12(21)10-5-11(10)14(22)19-15-18-13(20-23-15)9-3-2-4-16-6-9/h2-4,6-8,10-11H,5H2,1H3,(H,18,19,20,22)/t10-,11-/m1/s1. The van der Waals surface area contributed by atoms with Crippen LogP contribution in [0.3, 0.4) is 0 Å². The molecule has 0 unspecified atom stereocenters. The van der Waals surface area contributed by atoms with Gasteiger partial charge in [0.15, 0.2) is 5.82 Å². The fourth-order valence-electron chi connectivity index (χ4n) is 2.62. The molecule has 8 heteroatoms. The molecule has 0 radical (unpaired) electrons. The first kappa shape index (κ1) is 14.0. The molecule has 1 fully saturated rings. The monoisotopic (exact) mass is 326 g/mol.